The minimum absolute atomic E-state index is 0.250. The number of carboxylic acids is 1. The molecule has 0 fully saturated rings. The summed E-state index contributed by atoms with van der Waals surface area (Å²) in [5, 5.41) is 60.4. The minimum atomic E-state index is -1.19. The third kappa shape index (κ3) is 258. The lowest BCUT2D eigenvalue weighted by molar-refractivity contribution is -0.140. The monoisotopic (exact) mass is 498 g/mol. The number of rotatable bonds is 7. The molecule has 0 radical (unpaired) electrons. The predicted molar refractivity (Wildman–Crippen MR) is 133 cm³/mol. The third-order valence-corrected chi connectivity index (χ3v) is 1.85. The van der Waals surface area contributed by atoms with Crippen LogP contribution in [0, 0.1) is 5.92 Å². The second-order valence-electron chi connectivity index (χ2n) is 4.96. The van der Waals surface area contributed by atoms with Crippen molar-refractivity contribution < 1.29 is 55.1 Å². The van der Waals surface area contributed by atoms with Crippen LogP contribution in [-0.2, 0) is 14.3 Å². The molecule has 11 heteroatoms. The Hall–Kier alpha value is -0.890. The molecule has 0 saturated heterocycles. The van der Waals surface area contributed by atoms with Crippen LogP contribution in [0.1, 0.15) is 61.3 Å². The number of carboxylic acid groups (broad SMARTS) is 1. The molecule has 0 aliphatic rings. The Labute approximate surface area is 202 Å². The average molecular weight is 499 g/mol. The minimum Gasteiger partial charge on any atom is -0.480 e. The van der Waals surface area contributed by atoms with Crippen molar-refractivity contribution in [3.05, 3.63) is 0 Å². The van der Waals surface area contributed by atoms with Crippen LogP contribution in [0.25, 0.3) is 0 Å². The number of aliphatic carboxylic acids is 1. The molecule has 0 saturated carbocycles. The first kappa shape index (κ1) is 53.5. The van der Waals surface area contributed by atoms with Crippen molar-refractivity contribution in [2.45, 2.75) is 61.3 Å². The third-order valence-electron chi connectivity index (χ3n) is 1.85. The van der Waals surface area contributed by atoms with Gasteiger partial charge in [-0.05, 0) is 53.9 Å². The first-order chi connectivity index (χ1) is 15.6. The van der Waals surface area contributed by atoms with Gasteiger partial charge in [-0.25, -0.2) is 4.79 Å². The molecule has 11 nitrogen and oxygen atoms in total. The summed E-state index contributed by atoms with van der Waals surface area (Å²) in [6.07, 6.45) is 2.29. The summed E-state index contributed by atoms with van der Waals surface area (Å²) in [5.41, 5.74) is 0. The largest absolute Gasteiger partial charge is 0.480 e. The van der Waals surface area contributed by atoms with Crippen molar-refractivity contribution >= 4 is 5.97 Å². The van der Waals surface area contributed by atoms with E-state index in [1.165, 1.54) is 6.42 Å². The molecule has 1 atom stereocenters. The summed E-state index contributed by atoms with van der Waals surface area (Å²) in [7, 11) is 3.48. The van der Waals surface area contributed by atoms with Gasteiger partial charge in [-0.15, -0.1) is 0 Å². The number of aliphatic hydroxyl groups excluding tert-OH is 7. The fourth-order valence-electron chi connectivity index (χ4n) is 0.926. The fraction of sp³-hybridized carbons (Fsp3) is 0.955. The van der Waals surface area contributed by atoms with E-state index in [0.29, 0.717) is 5.92 Å². The van der Waals surface area contributed by atoms with Crippen LogP contribution in [0.5, 0.6) is 0 Å². The first-order valence-corrected chi connectivity index (χ1v) is 11.1. The number of hydrogen-bond donors (Lipinski definition) is 8. The number of ether oxygens (including phenoxy) is 2. The highest BCUT2D eigenvalue weighted by molar-refractivity contribution is 5.67. The number of methoxy groups -OCH3 is 2. The van der Waals surface area contributed by atoms with Crippen molar-refractivity contribution in [1.29, 1.82) is 0 Å². The molecule has 33 heavy (non-hydrogen) atoms. The highest BCUT2D eigenvalue weighted by Gasteiger charge is 2.03. The molecule has 0 aromatic carbocycles. The Morgan fingerprint density at radius 3 is 1.00 bits per heavy atom. The number of carbonyl (C=O) groups is 1. The van der Waals surface area contributed by atoms with Crippen LogP contribution >= 0.6 is 0 Å². The molecule has 0 aliphatic heterocycles. The van der Waals surface area contributed by atoms with Gasteiger partial charge in [-0.3, -0.25) is 0 Å². The number of aliphatic hydroxyl groups is 7. The smallest absolute Gasteiger partial charge is 0.329 e. The van der Waals surface area contributed by atoms with Crippen LogP contribution in [0.15, 0.2) is 0 Å². The summed E-state index contributed by atoms with van der Waals surface area (Å²) >= 11 is 0. The molecular weight excluding hydrogens is 440 g/mol. The Kier molecular flexibility index (Phi) is 139. The molecule has 0 bridgehead atoms. The van der Waals surface area contributed by atoms with Gasteiger partial charge in [0.2, 0.25) is 0 Å². The normalized spacial score (nSPS) is 8.48. The molecule has 0 heterocycles. The van der Waals surface area contributed by atoms with Crippen molar-refractivity contribution in [3.8, 4) is 0 Å². The zero-order chi connectivity index (χ0) is 28.3. The summed E-state index contributed by atoms with van der Waals surface area (Å²) in [5.74, 6) is -0.519. The van der Waals surface area contributed by atoms with Crippen LogP contribution < -0.4 is 0 Å². The van der Waals surface area contributed by atoms with Gasteiger partial charge in [0, 0.05) is 67.1 Å². The van der Waals surface area contributed by atoms with Gasteiger partial charge in [-0.1, -0.05) is 13.3 Å². The summed E-state index contributed by atoms with van der Waals surface area (Å²) in [6, 6.07) is 0. The molecule has 0 amide bonds. The van der Waals surface area contributed by atoms with E-state index in [2.05, 4.69) is 6.92 Å². The highest BCUT2D eigenvalue weighted by atomic mass is 16.5. The maximum absolute atomic E-state index is 9.12. The van der Waals surface area contributed by atoms with E-state index in [1.54, 1.807) is 55.8 Å². The SMILES string of the molecule is CCC(CCOC)COC.CCO.CCO.CCO.CCO.CCO.CCO.O=C(O)CO. The second-order valence-corrected chi connectivity index (χ2v) is 4.96. The molecule has 0 aromatic heterocycles. The van der Waals surface area contributed by atoms with Crippen LogP contribution in [0.3, 0.4) is 0 Å². The van der Waals surface area contributed by atoms with Gasteiger partial charge in [0.1, 0.15) is 6.61 Å². The molecule has 0 aromatic rings. The van der Waals surface area contributed by atoms with E-state index >= 15 is 0 Å². The molecule has 0 rings (SSSR count). The molecular formula is C22H58O11. The maximum atomic E-state index is 9.12. The second kappa shape index (κ2) is 86.0. The molecule has 0 spiro atoms. The van der Waals surface area contributed by atoms with Crippen LogP contribution in [-0.4, -0.2) is 121 Å². The first-order valence-electron chi connectivity index (χ1n) is 11.1. The molecule has 212 valence electrons. The fourth-order valence-corrected chi connectivity index (χ4v) is 0.926. The van der Waals surface area contributed by atoms with Gasteiger partial charge in [0.15, 0.2) is 0 Å². The molecule has 8 N–H and O–H groups in total. The Morgan fingerprint density at radius 2 is 0.879 bits per heavy atom. The van der Waals surface area contributed by atoms with Gasteiger partial charge in [0.25, 0.3) is 0 Å². The maximum Gasteiger partial charge on any atom is 0.329 e. The zero-order valence-electron chi connectivity index (χ0n) is 22.7. The Bertz CT molecular complexity index is 207. The van der Waals surface area contributed by atoms with Gasteiger partial charge >= 0.3 is 5.97 Å². The topological polar surface area (TPSA) is 197 Å². The van der Waals surface area contributed by atoms with E-state index < -0.39 is 12.6 Å². The van der Waals surface area contributed by atoms with Gasteiger partial charge in [0.05, 0.1) is 0 Å². The van der Waals surface area contributed by atoms with E-state index in [4.69, 9.17) is 55.1 Å². The predicted octanol–water partition coefficient (Wildman–Crippen LogP) is 0.750. The van der Waals surface area contributed by atoms with Crippen molar-refractivity contribution in [3.63, 3.8) is 0 Å². The van der Waals surface area contributed by atoms with Crippen molar-refractivity contribution in [2.75, 3.05) is 73.7 Å². The quantitative estimate of drug-likeness (QED) is 0.246. The van der Waals surface area contributed by atoms with Crippen LogP contribution in [0.4, 0.5) is 0 Å². The summed E-state index contributed by atoms with van der Waals surface area (Å²) < 4.78 is 10.0. The number of hydrogen-bond acceptors (Lipinski definition) is 10. The molecule has 0 aliphatic carbocycles. The Morgan fingerprint density at radius 1 is 0.636 bits per heavy atom. The zero-order valence-corrected chi connectivity index (χ0v) is 22.7. The van der Waals surface area contributed by atoms with E-state index in [1.807, 2.05) is 0 Å². The van der Waals surface area contributed by atoms with E-state index in [-0.39, 0.29) is 39.6 Å². The van der Waals surface area contributed by atoms with Gasteiger partial charge < -0.3 is 50.3 Å². The molecule has 1 unspecified atom stereocenters. The highest BCUT2D eigenvalue weighted by Crippen LogP contribution is 2.07. The van der Waals surface area contributed by atoms with E-state index in [9.17, 15) is 0 Å². The van der Waals surface area contributed by atoms with E-state index in [0.717, 1.165) is 19.6 Å². The van der Waals surface area contributed by atoms with Gasteiger partial charge in [-0.2, -0.15) is 0 Å². The lowest BCUT2D eigenvalue weighted by Gasteiger charge is -2.11. The van der Waals surface area contributed by atoms with Crippen LogP contribution in [0.2, 0.25) is 0 Å². The van der Waals surface area contributed by atoms with Crippen molar-refractivity contribution in [2.24, 2.45) is 5.92 Å². The van der Waals surface area contributed by atoms with Crippen molar-refractivity contribution in [1.82, 2.24) is 0 Å². The summed E-state index contributed by atoms with van der Waals surface area (Å²) in [6.45, 7) is 14.7. The average Bonchev–Trinajstić information content (AvgIpc) is 2.75. The standard InChI is InChI=1S/C8H18O2.C2H4O3.6C2H6O/c1-4-8(7-10-3)5-6-9-2;3-1-2(4)5;6*1-2-3/h8H,4-7H2,1-3H3;3H,1H2,(H,4,5);6*3H,2H2,1H3. The lowest BCUT2D eigenvalue weighted by atomic mass is 10.0. The lowest BCUT2D eigenvalue weighted by Crippen LogP contribution is -2.09. The Balaban J connectivity index is -0.0000000389. The summed E-state index contributed by atoms with van der Waals surface area (Å²) in [4.78, 5) is 9.12.